The number of nitrogens with zero attached hydrogens (tertiary/aromatic N) is 2. The Morgan fingerprint density at radius 2 is 1.70 bits per heavy atom. The zero-order valence-corrected chi connectivity index (χ0v) is 12.7. The lowest BCUT2D eigenvalue weighted by Gasteiger charge is -2.20. The number of rotatable bonds is 3. The number of aromatic nitrogens is 2. The maximum atomic E-state index is 4.94. The highest BCUT2D eigenvalue weighted by molar-refractivity contribution is 5.49. The molecular weight excluding hydrogens is 246 g/mol. The molecule has 0 spiro atoms. The largest absolute Gasteiger partial charge is 0.370 e. The maximum absolute atomic E-state index is 4.94. The first-order chi connectivity index (χ1) is 9.88. The molecule has 3 rings (SSSR count). The Morgan fingerprint density at radius 3 is 2.45 bits per heavy atom. The standard InChI is InChI=1S/C17H27N3/c1-2-18-17-14-11-8-12-15(14)19-16(20-17)13-9-6-4-3-5-7-10-13/h13H,2-12H2,1H3,(H,18,19,20). The first-order valence-corrected chi connectivity index (χ1v) is 8.52. The Kier molecular flexibility index (Phi) is 4.54. The van der Waals surface area contributed by atoms with Gasteiger partial charge in [-0.25, -0.2) is 9.97 Å². The lowest BCUT2D eigenvalue weighted by Crippen LogP contribution is -2.12. The van der Waals surface area contributed by atoms with Crippen molar-refractivity contribution in [2.75, 3.05) is 11.9 Å². The van der Waals surface area contributed by atoms with Crippen LogP contribution in [0.15, 0.2) is 0 Å². The van der Waals surface area contributed by atoms with Crippen molar-refractivity contribution in [1.29, 1.82) is 0 Å². The van der Waals surface area contributed by atoms with Gasteiger partial charge >= 0.3 is 0 Å². The van der Waals surface area contributed by atoms with Crippen LogP contribution in [0.5, 0.6) is 0 Å². The van der Waals surface area contributed by atoms with Gasteiger partial charge in [0.1, 0.15) is 11.6 Å². The fraction of sp³-hybridized carbons (Fsp3) is 0.765. The van der Waals surface area contributed by atoms with Gasteiger partial charge in [0, 0.05) is 23.7 Å². The first kappa shape index (κ1) is 13.8. The average Bonchev–Trinajstić information content (AvgIpc) is 2.87. The van der Waals surface area contributed by atoms with Crippen LogP contribution in [-0.2, 0) is 12.8 Å². The molecule has 20 heavy (non-hydrogen) atoms. The van der Waals surface area contributed by atoms with Gasteiger partial charge in [-0.05, 0) is 39.0 Å². The van der Waals surface area contributed by atoms with E-state index < -0.39 is 0 Å². The highest BCUT2D eigenvalue weighted by atomic mass is 15.0. The second-order valence-corrected chi connectivity index (χ2v) is 6.28. The summed E-state index contributed by atoms with van der Waals surface area (Å²) in [4.78, 5) is 9.85. The average molecular weight is 273 g/mol. The van der Waals surface area contributed by atoms with Crippen LogP contribution in [0.4, 0.5) is 5.82 Å². The minimum absolute atomic E-state index is 0.596. The Labute approximate surface area is 122 Å². The molecule has 2 aliphatic carbocycles. The van der Waals surface area contributed by atoms with Crippen LogP contribution >= 0.6 is 0 Å². The molecule has 0 bridgehead atoms. The number of nitrogens with one attached hydrogen (secondary N) is 1. The highest BCUT2D eigenvalue weighted by Crippen LogP contribution is 2.33. The van der Waals surface area contributed by atoms with Gasteiger partial charge in [0.25, 0.3) is 0 Å². The zero-order chi connectivity index (χ0) is 13.8. The van der Waals surface area contributed by atoms with Crippen LogP contribution in [0.25, 0.3) is 0 Å². The molecule has 0 aromatic carbocycles. The van der Waals surface area contributed by atoms with Crippen molar-refractivity contribution >= 4 is 5.82 Å². The van der Waals surface area contributed by atoms with E-state index >= 15 is 0 Å². The third-order valence-corrected chi connectivity index (χ3v) is 4.76. The van der Waals surface area contributed by atoms with E-state index in [0.717, 1.165) is 31.0 Å². The summed E-state index contributed by atoms with van der Waals surface area (Å²) in [6.07, 6.45) is 13.0. The van der Waals surface area contributed by atoms with Crippen LogP contribution in [0, 0.1) is 0 Å². The van der Waals surface area contributed by atoms with Crippen LogP contribution in [-0.4, -0.2) is 16.5 Å². The molecule has 1 fully saturated rings. The van der Waals surface area contributed by atoms with Crippen molar-refractivity contribution in [2.45, 2.75) is 77.0 Å². The molecule has 2 aliphatic rings. The smallest absolute Gasteiger partial charge is 0.134 e. The molecule has 1 aromatic heterocycles. The molecule has 0 saturated heterocycles. The topological polar surface area (TPSA) is 37.8 Å². The zero-order valence-electron chi connectivity index (χ0n) is 12.7. The summed E-state index contributed by atoms with van der Waals surface area (Å²) in [7, 11) is 0. The van der Waals surface area contributed by atoms with E-state index in [4.69, 9.17) is 9.97 Å². The van der Waals surface area contributed by atoms with Gasteiger partial charge in [-0.1, -0.05) is 32.1 Å². The van der Waals surface area contributed by atoms with Crippen molar-refractivity contribution < 1.29 is 0 Å². The third-order valence-electron chi connectivity index (χ3n) is 4.76. The molecule has 1 aromatic rings. The Balaban J connectivity index is 1.86. The Bertz CT molecular complexity index is 448. The predicted octanol–water partition coefficient (Wildman–Crippen LogP) is 4.23. The summed E-state index contributed by atoms with van der Waals surface area (Å²) in [5.41, 5.74) is 2.72. The minimum Gasteiger partial charge on any atom is -0.370 e. The fourth-order valence-corrected chi connectivity index (χ4v) is 3.66. The van der Waals surface area contributed by atoms with Gasteiger partial charge in [-0.15, -0.1) is 0 Å². The molecule has 0 aliphatic heterocycles. The SMILES string of the molecule is CCNc1nc(C2CCCCCCC2)nc2c1CCC2. The molecule has 110 valence electrons. The van der Waals surface area contributed by atoms with Gasteiger partial charge in [-0.3, -0.25) is 0 Å². The molecule has 0 amide bonds. The van der Waals surface area contributed by atoms with Gasteiger partial charge in [0.15, 0.2) is 0 Å². The summed E-state index contributed by atoms with van der Waals surface area (Å²) >= 11 is 0. The molecule has 1 heterocycles. The van der Waals surface area contributed by atoms with Crippen LogP contribution < -0.4 is 5.32 Å². The quantitative estimate of drug-likeness (QED) is 0.895. The lowest BCUT2D eigenvalue weighted by molar-refractivity contribution is 0.442. The van der Waals surface area contributed by atoms with Gasteiger partial charge in [-0.2, -0.15) is 0 Å². The molecule has 3 nitrogen and oxygen atoms in total. The summed E-state index contributed by atoms with van der Waals surface area (Å²) in [5.74, 6) is 2.86. The maximum Gasteiger partial charge on any atom is 0.134 e. The van der Waals surface area contributed by atoms with Crippen LogP contribution in [0.3, 0.4) is 0 Å². The first-order valence-electron chi connectivity index (χ1n) is 8.52. The van der Waals surface area contributed by atoms with Crippen molar-refractivity contribution in [2.24, 2.45) is 0 Å². The van der Waals surface area contributed by atoms with Crippen molar-refractivity contribution in [3.8, 4) is 0 Å². The van der Waals surface area contributed by atoms with Gasteiger partial charge in [0.05, 0.1) is 0 Å². The van der Waals surface area contributed by atoms with E-state index in [0.29, 0.717) is 5.92 Å². The molecule has 3 heteroatoms. The fourth-order valence-electron chi connectivity index (χ4n) is 3.66. The Morgan fingerprint density at radius 1 is 0.950 bits per heavy atom. The van der Waals surface area contributed by atoms with Crippen molar-refractivity contribution in [3.63, 3.8) is 0 Å². The van der Waals surface area contributed by atoms with E-state index in [9.17, 15) is 0 Å². The number of anilines is 1. The molecule has 0 atom stereocenters. The molecule has 1 saturated carbocycles. The Hall–Kier alpha value is -1.12. The van der Waals surface area contributed by atoms with Crippen molar-refractivity contribution in [1.82, 2.24) is 9.97 Å². The molecule has 1 N–H and O–H groups in total. The number of fused-ring (bicyclic) bond motifs is 1. The number of aryl methyl sites for hydroxylation is 1. The van der Waals surface area contributed by atoms with E-state index in [1.807, 2.05) is 0 Å². The molecular formula is C17H27N3. The van der Waals surface area contributed by atoms with Crippen LogP contribution in [0.1, 0.15) is 81.3 Å². The monoisotopic (exact) mass is 273 g/mol. The van der Waals surface area contributed by atoms with Crippen LogP contribution in [0.2, 0.25) is 0 Å². The molecule has 0 radical (unpaired) electrons. The number of hydrogen-bond donors (Lipinski definition) is 1. The third kappa shape index (κ3) is 2.97. The summed E-state index contributed by atoms with van der Waals surface area (Å²) < 4.78 is 0. The summed E-state index contributed by atoms with van der Waals surface area (Å²) in [6, 6.07) is 0. The van der Waals surface area contributed by atoms with Gasteiger partial charge < -0.3 is 5.32 Å². The van der Waals surface area contributed by atoms with Gasteiger partial charge in [0.2, 0.25) is 0 Å². The number of hydrogen-bond acceptors (Lipinski definition) is 3. The second-order valence-electron chi connectivity index (χ2n) is 6.28. The molecule has 0 unspecified atom stereocenters. The van der Waals surface area contributed by atoms with E-state index in [-0.39, 0.29) is 0 Å². The van der Waals surface area contributed by atoms with E-state index in [2.05, 4.69) is 12.2 Å². The van der Waals surface area contributed by atoms with E-state index in [1.165, 1.54) is 62.6 Å². The summed E-state index contributed by atoms with van der Waals surface area (Å²) in [5, 5.41) is 3.46. The second kappa shape index (κ2) is 6.55. The normalized spacial score (nSPS) is 20.2. The highest BCUT2D eigenvalue weighted by Gasteiger charge is 2.23. The lowest BCUT2D eigenvalue weighted by atomic mass is 9.90. The predicted molar refractivity (Wildman–Crippen MR) is 83.3 cm³/mol. The van der Waals surface area contributed by atoms with E-state index in [1.54, 1.807) is 0 Å². The minimum atomic E-state index is 0.596. The summed E-state index contributed by atoms with van der Waals surface area (Å²) in [6.45, 7) is 3.10. The van der Waals surface area contributed by atoms with Crippen molar-refractivity contribution in [3.05, 3.63) is 17.1 Å².